The molecule has 0 aliphatic rings. The van der Waals surface area contributed by atoms with Gasteiger partial charge in [-0.3, -0.25) is 0 Å². The van der Waals surface area contributed by atoms with E-state index in [0.29, 0.717) is 0 Å². The molecule has 0 spiro atoms. The third kappa shape index (κ3) is 6.28. The smallest absolute Gasteiger partial charge is 0.211 e. The highest BCUT2D eigenvalue weighted by atomic mass is 16.3. The van der Waals surface area contributed by atoms with Gasteiger partial charge in [0.25, 0.3) is 0 Å². The molecule has 0 aromatic heterocycles. The second kappa shape index (κ2) is 7.14. The largest absolute Gasteiger partial charge is 0.393 e. The van der Waals surface area contributed by atoms with Crippen LogP contribution in [0, 0.1) is 0 Å². The molecule has 0 heterocycles. The van der Waals surface area contributed by atoms with Crippen molar-refractivity contribution in [2.75, 3.05) is 6.61 Å². The van der Waals surface area contributed by atoms with Crippen molar-refractivity contribution < 1.29 is 10.2 Å². The molecule has 0 radical (unpaired) electrons. The van der Waals surface area contributed by atoms with Crippen LogP contribution in [0.5, 0.6) is 0 Å². The van der Waals surface area contributed by atoms with Gasteiger partial charge in [0, 0.05) is 0 Å². The summed E-state index contributed by atoms with van der Waals surface area (Å²) in [5, 5.41) is 31.3. The maximum atomic E-state index is 9.26. The molecule has 0 rings (SSSR count). The first-order valence-corrected chi connectivity index (χ1v) is 4.04. The first-order chi connectivity index (χ1) is 7.47. The number of hydrogen-bond donors (Lipinski definition) is 6. The normalized spacial score (nSPS) is 13.5. The first-order valence-electron chi connectivity index (χ1n) is 4.04. The molecule has 0 bridgehead atoms. The van der Waals surface area contributed by atoms with Gasteiger partial charge in [0.2, 0.25) is 11.9 Å². The summed E-state index contributed by atoms with van der Waals surface area (Å²) in [5.74, 6) is -0.575. The van der Waals surface area contributed by atoms with Crippen LogP contribution in [0.25, 0.3) is 0 Å². The van der Waals surface area contributed by atoms with Crippen LogP contribution in [0.2, 0.25) is 0 Å². The molecule has 10 N–H and O–H groups in total. The van der Waals surface area contributed by atoms with E-state index >= 15 is 0 Å². The van der Waals surface area contributed by atoms with Crippen LogP contribution in [0.15, 0.2) is 20.4 Å². The summed E-state index contributed by atoms with van der Waals surface area (Å²) in [6.07, 6.45) is -0.284. The summed E-state index contributed by atoms with van der Waals surface area (Å²) in [5.41, 5.74) is 20.0. The van der Waals surface area contributed by atoms with Crippen molar-refractivity contribution in [1.29, 1.82) is 0 Å². The third-order valence-electron chi connectivity index (χ3n) is 1.16. The van der Waals surface area contributed by atoms with Gasteiger partial charge in [-0.2, -0.15) is 5.10 Å². The minimum absolute atomic E-state index is 0.0964. The van der Waals surface area contributed by atoms with E-state index in [1.54, 1.807) is 0 Å². The van der Waals surface area contributed by atoms with Crippen LogP contribution in [0.4, 0.5) is 0 Å². The average Bonchev–Trinajstić information content (AvgIpc) is 2.21. The molecule has 0 amide bonds. The average molecular weight is 230 g/mol. The lowest BCUT2D eigenvalue weighted by atomic mass is 10.2. The Morgan fingerprint density at radius 2 is 1.62 bits per heavy atom. The summed E-state index contributed by atoms with van der Waals surface area (Å²) in [4.78, 5) is 0. The predicted molar refractivity (Wildman–Crippen MR) is 60.6 cm³/mol. The summed E-state index contributed by atoms with van der Waals surface area (Å²) in [6, 6.07) is 0. The lowest BCUT2D eigenvalue weighted by molar-refractivity contribution is 0.146. The van der Waals surface area contributed by atoms with E-state index in [0.717, 1.165) is 6.21 Å². The molecule has 10 nitrogen and oxygen atoms in total. The lowest BCUT2D eigenvalue weighted by Crippen LogP contribution is -2.27. The quantitative estimate of drug-likeness (QED) is 0.159. The topological polar surface area (TPSA) is 194 Å². The van der Waals surface area contributed by atoms with Gasteiger partial charge >= 0.3 is 0 Å². The van der Waals surface area contributed by atoms with Gasteiger partial charge < -0.3 is 33.1 Å². The Balaban J connectivity index is 4.82. The predicted octanol–water partition coefficient (Wildman–Crippen LogP) is -3.77. The Labute approximate surface area is 91.0 Å². The van der Waals surface area contributed by atoms with E-state index in [1.165, 1.54) is 0 Å². The van der Waals surface area contributed by atoms with Gasteiger partial charge in [0.05, 0.1) is 12.8 Å². The molecule has 0 aromatic carbocycles. The van der Waals surface area contributed by atoms with Crippen molar-refractivity contribution in [3.8, 4) is 0 Å². The van der Waals surface area contributed by atoms with Crippen LogP contribution >= 0.6 is 0 Å². The second-order valence-electron chi connectivity index (χ2n) is 2.52. The highest BCUT2D eigenvalue weighted by molar-refractivity contribution is 6.32. The molecule has 1 atom stereocenters. The summed E-state index contributed by atoms with van der Waals surface area (Å²) >= 11 is 0. The number of nitrogens with two attached hydrogens (primary N) is 4. The van der Waals surface area contributed by atoms with Crippen molar-refractivity contribution in [3.63, 3.8) is 0 Å². The molecule has 16 heavy (non-hydrogen) atoms. The summed E-state index contributed by atoms with van der Waals surface area (Å²) in [6.45, 7) is -0.577. The monoisotopic (exact) mass is 230 g/mol. The zero-order chi connectivity index (χ0) is 12.6. The molecule has 1 unspecified atom stereocenters. The lowest BCUT2D eigenvalue weighted by Gasteiger charge is -2.03. The molecule has 10 heteroatoms. The van der Waals surface area contributed by atoms with Crippen LogP contribution < -0.4 is 22.9 Å². The molecule has 0 aromatic rings. The maximum Gasteiger partial charge on any atom is 0.211 e. The number of rotatable bonds is 5. The standard InChI is InChI=1S/C6H14N8O2/c7-5(8)13-11-1-3(4(16)2-15)12-14-6(9)10/h1,4,15-16H,2H2,(H4,7,8,13)(H4,9,10,14)/b11-1+,12-3?. The number of nitrogens with zero attached hydrogens (tertiary/aromatic N) is 4. The number of aliphatic hydroxyl groups excluding tert-OH is 2. The van der Waals surface area contributed by atoms with E-state index in [1.807, 2.05) is 0 Å². The van der Waals surface area contributed by atoms with Gasteiger partial charge in [0.1, 0.15) is 11.8 Å². The Morgan fingerprint density at radius 1 is 1.06 bits per heavy atom. The Morgan fingerprint density at radius 3 is 2.06 bits per heavy atom. The Kier molecular flexibility index (Phi) is 6.16. The summed E-state index contributed by atoms with van der Waals surface area (Å²) in [7, 11) is 0. The van der Waals surface area contributed by atoms with Crippen molar-refractivity contribution in [1.82, 2.24) is 0 Å². The maximum absolute atomic E-state index is 9.26. The molecule has 0 aliphatic heterocycles. The van der Waals surface area contributed by atoms with Crippen molar-refractivity contribution in [2.24, 2.45) is 43.3 Å². The van der Waals surface area contributed by atoms with Crippen LogP contribution in [0.3, 0.4) is 0 Å². The van der Waals surface area contributed by atoms with Gasteiger partial charge in [-0.05, 0) is 0 Å². The summed E-state index contributed by atoms with van der Waals surface area (Å²) < 4.78 is 0. The van der Waals surface area contributed by atoms with Gasteiger partial charge in [-0.1, -0.05) is 0 Å². The minimum Gasteiger partial charge on any atom is -0.393 e. The van der Waals surface area contributed by atoms with Gasteiger partial charge in [0.15, 0.2) is 0 Å². The van der Waals surface area contributed by atoms with Crippen molar-refractivity contribution in [3.05, 3.63) is 0 Å². The first kappa shape index (κ1) is 13.8. The van der Waals surface area contributed by atoms with E-state index in [-0.39, 0.29) is 17.6 Å². The number of hydrogen-bond acceptors (Lipinski definition) is 6. The van der Waals surface area contributed by atoms with E-state index in [9.17, 15) is 5.11 Å². The fourth-order valence-corrected chi connectivity index (χ4v) is 0.542. The van der Waals surface area contributed by atoms with Gasteiger partial charge in [-0.25, -0.2) is 0 Å². The zero-order valence-corrected chi connectivity index (χ0v) is 8.35. The molecular formula is C6H14N8O2. The van der Waals surface area contributed by atoms with Crippen LogP contribution in [-0.4, -0.2) is 46.8 Å². The molecular weight excluding hydrogens is 216 g/mol. The second-order valence-corrected chi connectivity index (χ2v) is 2.52. The minimum atomic E-state index is -1.29. The molecule has 0 saturated carbocycles. The molecule has 0 saturated heterocycles. The Bertz CT molecular complexity index is 325. The fourth-order valence-electron chi connectivity index (χ4n) is 0.542. The fraction of sp³-hybridized carbons (Fsp3) is 0.333. The van der Waals surface area contributed by atoms with E-state index in [4.69, 9.17) is 28.0 Å². The number of aliphatic hydroxyl groups is 2. The zero-order valence-electron chi connectivity index (χ0n) is 8.35. The highest BCUT2D eigenvalue weighted by Gasteiger charge is 2.09. The van der Waals surface area contributed by atoms with E-state index < -0.39 is 12.7 Å². The molecule has 0 fully saturated rings. The van der Waals surface area contributed by atoms with Crippen molar-refractivity contribution >= 4 is 23.8 Å². The molecule has 90 valence electrons. The van der Waals surface area contributed by atoms with Crippen LogP contribution in [0.1, 0.15) is 0 Å². The van der Waals surface area contributed by atoms with Gasteiger partial charge in [-0.15, -0.1) is 15.3 Å². The molecule has 0 aliphatic carbocycles. The van der Waals surface area contributed by atoms with Crippen LogP contribution in [-0.2, 0) is 0 Å². The third-order valence-corrected chi connectivity index (χ3v) is 1.16. The van der Waals surface area contributed by atoms with Crippen molar-refractivity contribution in [2.45, 2.75) is 6.10 Å². The Hall–Kier alpha value is -2.20. The SMILES string of the molecule is NC(N)=NN=C(/C=N/N=C(N)N)C(O)CO. The number of guanidine groups is 2. The highest BCUT2D eigenvalue weighted by Crippen LogP contribution is 1.88. The van der Waals surface area contributed by atoms with E-state index in [2.05, 4.69) is 20.4 Å².